The van der Waals surface area contributed by atoms with Crippen LogP contribution >= 0.6 is 15.2 Å². The number of nitrogens with one attached hydrogen (secondary N) is 1. The molecule has 18 heteroatoms. The molecule has 0 aromatic carbocycles. The number of rotatable bonds is 4. The van der Waals surface area contributed by atoms with Crippen LogP contribution in [0.25, 0.3) is 11.2 Å². The van der Waals surface area contributed by atoms with E-state index >= 15 is 0 Å². The number of aromatic amines is 1. The van der Waals surface area contributed by atoms with Crippen LogP contribution in [0.2, 0.25) is 0 Å². The van der Waals surface area contributed by atoms with Crippen molar-refractivity contribution in [3.8, 4) is 0 Å². The summed E-state index contributed by atoms with van der Waals surface area (Å²) in [5.74, 6) is -3.29. The first-order chi connectivity index (χ1) is 12.7. The number of ether oxygens (including phenoxy) is 1. The molecule has 3 heterocycles. The number of fused-ring (bicyclic) bond motifs is 1. The van der Waals surface area contributed by atoms with Crippen LogP contribution < -0.4 is 11.3 Å². The lowest BCUT2D eigenvalue weighted by molar-refractivity contribution is -0.0777. The lowest BCUT2D eigenvalue weighted by Crippen LogP contribution is -2.51. The molecule has 0 aliphatic carbocycles. The normalized spacial score (nSPS) is 30.0. The molecule has 156 valence electrons. The van der Waals surface area contributed by atoms with Crippen LogP contribution in [-0.2, 0) is 13.9 Å². The third-order valence-electron chi connectivity index (χ3n) is 4.22. The third-order valence-corrected chi connectivity index (χ3v) is 6.63. The van der Waals surface area contributed by atoms with Crippen molar-refractivity contribution in [2.24, 2.45) is 0 Å². The standard InChI is InChI=1S/C10H15N5O11P2/c11-9-13-5-2(6(17)14-9)12-1-15(5)7-3(16)10(19,28(23,24)25)4(26-7)8(18)27(20,21)22/h1,3-4,7-8,16,18-19H,(H2,20,21,22)(H2,23,24,25)(H3,11,13,14,17)/t3-,4-,7-,8-,10+/m1/s1. The van der Waals surface area contributed by atoms with E-state index in [0.29, 0.717) is 0 Å². The van der Waals surface area contributed by atoms with E-state index in [4.69, 9.17) is 20.3 Å². The number of hydrogen-bond acceptors (Lipinski definition) is 10. The average molecular weight is 443 g/mol. The van der Waals surface area contributed by atoms with Crippen molar-refractivity contribution < 1.29 is 48.8 Å². The van der Waals surface area contributed by atoms with Crippen molar-refractivity contribution in [2.45, 2.75) is 29.6 Å². The Morgan fingerprint density at radius 2 is 1.93 bits per heavy atom. The first-order valence-corrected chi connectivity index (χ1v) is 10.6. The number of anilines is 1. The molecule has 5 atom stereocenters. The van der Waals surface area contributed by atoms with E-state index in [2.05, 4.69) is 15.0 Å². The van der Waals surface area contributed by atoms with Crippen LogP contribution in [0.1, 0.15) is 6.23 Å². The Morgan fingerprint density at radius 3 is 2.46 bits per heavy atom. The predicted molar refractivity (Wildman–Crippen MR) is 87.5 cm³/mol. The number of aromatic nitrogens is 4. The molecule has 1 fully saturated rings. The summed E-state index contributed by atoms with van der Waals surface area (Å²) >= 11 is 0. The predicted octanol–water partition coefficient (Wildman–Crippen LogP) is -3.68. The number of imidazole rings is 1. The van der Waals surface area contributed by atoms with Gasteiger partial charge in [0.15, 0.2) is 23.2 Å². The van der Waals surface area contributed by atoms with Gasteiger partial charge in [0.25, 0.3) is 5.56 Å². The maximum atomic E-state index is 11.8. The number of nitrogens with two attached hydrogens (primary N) is 1. The fraction of sp³-hybridized carbons (Fsp3) is 0.500. The molecule has 3 rings (SSSR count). The summed E-state index contributed by atoms with van der Waals surface area (Å²) in [4.78, 5) is 58.6. The van der Waals surface area contributed by atoms with Gasteiger partial charge in [0, 0.05) is 0 Å². The summed E-state index contributed by atoms with van der Waals surface area (Å²) in [7, 11) is -11.2. The van der Waals surface area contributed by atoms with Gasteiger partial charge in [-0.15, -0.1) is 0 Å². The highest BCUT2D eigenvalue weighted by atomic mass is 31.2. The average Bonchev–Trinajstić information content (AvgIpc) is 3.06. The number of nitrogen functional groups attached to an aromatic ring is 1. The molecule has 28 heavy (non-hydrogen) atoms. The van der Waals surface area contributed by atoms with Crippen LogP contribution in [0.15, 0.2) is 11.1 Å². The molecule has 0 radical (unpaired) electrons. The third kappa shape index (κ3) is 3.00. The van der Waals surface area contributed by atoms with E-state index in [0.717, 1.165) is 10.9 Å². The Morgan fingerprint density at radius 1 is 1.32 bits per heavy atom. The van der Waals surface area contributed by atoms with E-state index in [-0.39, 0.29) is 17.1 Å². The first-order valence-electron chi connectivity index (χ1n) is 7.26. The van der Waals surface area contributed by atoms with Gasteiger partial charge in [0.2, 0.25) is 11.3 Å². The second kappa shape index (κ2) is 6.40. The van der Waals surface area contributed by atoms with Gasteiger partial charge in [-0.2, -0.15) is 4.98 Å². The topological polar surface area (TPSA) is 275 Å². The molecule has 0 spiro atoms. The van der Waals surface area contributed by atoms with Gasteiger partial charge in [0.05, 0.1) is 6.33 Å². The Bertz CT molecular complexity index is 1070. The van der Waals surface area contributed by atoms with Crippen molar-refractivity contribution in [1.82, 2.24) is 19.5 Å². The van der Waals surface area contributed by atoms with E-state index in [1.165, 1.54) is 0 Å². The zero-order valence-electron chi connectivity index (χ0n) is 13.5. The molecule has 0 unspecified atom stereocenters. The molecule has 2 aromatic heterocycles. The minimum Gasteiger partial charge on any atom is -0.385 e. The first kappa shape index (κ1) is 21.0. The number of hydrogen-bond donors (Lipinski definition) is 9. The molecule has 2 aromatic rings. The van der Waals surface area contributed by atoms with Gasteiger partial charge in [-0.05, 0) is 0 Å². The zero-order chi connectivity index (χ0) is 21.2. The number of aliphatic hydroxyl groups is 3. The molecule has 0 saturated carbocycles. The number of H-pyrrole nitrogens is 1. The molecule has 1 aliphatic heterocycles. The van der Waals surface area contributed by atoms with Gasteiger partial charge >= 0.3 is 15.2 Å². The van der Waals surface area contributed by atoms with Gasteiger partial charge in [-0.3, -0.25) is 23.5 Å². The summed E-state index contributed by atoms with van der Waals surface area (Å²) < 4.78 is 29.0. The van der Waals surface area contributed by atoms with Crippen LogP contribution in [0.5, 0.6) is 0 Å². The minimum atomic E-state index is -5.75. The van der Waals surface area contributed by atoms with Gasteiger partial charge < -0.3 is 45.4 Å². The highest BCUT2D eigenvalue weighted by Crippen LogP contribution is 2.62. The molecule has 10 N–H and O–H groups in total. The zero-order valence-corrected chi connectivity index (χ0v) is 15.3. The van der Waals surface area contributed by atoms with Gasteiger partial charge in [0.1, 0.15) is 12.2 Å². The smallest absolute Gasteiger partial charge is 0.362 e. The van der Waals surface area contributed by atoms with E-state index < -0.39 is 50.4 Å². The van der Waals surface area contributed by atoms with E-state index in [9.17, 15) is 39.0 Å². The fourth-order valence-corrected chi connectivity index (χ4v) is 4.63. The Labute approximate surface area is 153 Å². The Hall–Kier alpha value is -1.71. The van der Waals surface area contributed by atoms with Crippen molar-refractivity contribution in [3.05, 3.63) is 16.7 Å². The lowest BCUT2D eigenvalue weighted by Gasteiger charge is -2.33. The number of nitrogens with zero attached hydrogens (tertiary/aromatic N) is 3. The minimum absolute atomic E-state index is 0.316. The highest BCUT2D eigenvalue weighted by Gasteiger charge is 2.69. The Kier molecular flexibility index (Phi) is 4.80. The summed E-state index contributed by atoms with van der Waals surface area (Å²) in [6.45, 7) is 0. The second-order valence-electron chi connectivity index (χ2n) is 6.00. The van der Waals surface area contributed by atoms with Crippen LogP contribution in [0, 0.1) is 0 Å². The number of aliphatic hydroxyl groups excluding tert-OH is 2. The van der Waals surface area contributed by atoms with Crippen LogP contribution in [0.3, 0.4) is 0 Å². The maximum absolute atomic E-state index is 11.8. The van der Waals surface area contributed by atoms with Crippen molar-refractivity contribution in [1.29, 1.82) is 0 Å². The SMILES string of the molecule is Nc1nc2c(ncn2[C@@H]2O[C@H]([C@H](O)P(=O)(O)O)[C@@](O)(P(=O)(O)O)[C@@H]2O)c(=O)[nH]1. The van der Waals surface area contributed by atoms with Gasteiger partial charge in [-0.25, -0.2) is 4.98 Å². The van der Waals surface area contributed by atoms with E-state index in [1.54, 1.807) is 0 Å². The summed E-state index contributed by atoms with van der Waals surface area (Å²) in [5.41, 5.74) is 3.97. The van der Waals surface area contributed by atoms with Crippen LogP contribution in [-0.4, -0.2) is 77.8 Å². The highest BCUT2D eigenvalue weighted by molar-refractivity contribution is 7.54. The monoisotopic (exact) mass is 443 g/mol. The molecule has 16 nitrogen and oxygen atoms in total. The van der Waals surface area contributed by atoms with Crippen molar-refractivity contribution in [2.75, 3.05) is 5.73 Å². The molecule has 0 bridgehead atoms. The molecular formula is C10H15N5O11P2. The Balaban J connectivity index is 2.19. The largest absolute Gasteiger partial charge is 0.385 e. The van der Waals surface area contributed by atoms with Crippen molar-refractivity contribution in [3.63, 3.8) is 0 Å². The lowest BCUT2D eigenvalue weighted by atomic mass is 10.1. The van der Waals surface area contributed by atoms with E-state index in [1.807, 2.05) is 0 Å². The van der Waals surface area contributed by atoms with Crippen molar-refractivity contribution >= 4 is 32.3 Å². The second-order valence-corrected chi connectivity index (χ2v) is 9.51. The molecule has 1 saturated heterocycles. The quantitative estimate of drug-likeness (QED) is 0.206. The molecule has 1 aliphatic rings. The maximum Gasteiger partial charge on any atom is 0.362 e. The van der Waals surface area contributed by atoms with Gasteiger partial charge in [-0.1, -0.05) is 0 Å². The summed E-state index contributed by atoms with van der Waals surface area (Å²) in [5, 5.41) is 27.0. The molecular weight excluding hydrogens is 428 g/mol. The summed E-state index contributed by atoms with van der Waals surface area (Å²) in [6, 6.07) is 0. The van der Waals surface area contributed by atoms with Crippen LogP contribution in [0.4, 0.5) is 5.95 Å². The fourth-order valence-electron chi connectivity index (χ4n) is 2.85. The molecule has 0 amide bonds. The summed E-state index contributed by atoms with van der Waals surface area (Å²) in [6.07, 6.45) is -6.25.